The van der Waals surface area contributed by atoms with E-state index in [0.29, 0.717) is 53.9 Å². The van der Waals surface area contributed by atoms with Gasteiger partial charge < -0.3 is 41.0 Å². The number of likely N-dealkylation sites (tertiary alicyclic amines) is 1. The minimum absolute atomic E-state index is 0.0259. The van der Waals surface area contributed by atoms with Crippen LogP contribution in [0.2, 0.25) is 0 Å². The third kappa shape index (κ3) is 11.7. The second-order valence-corrected chi connectivity index (χ2v) is 13.8. The third-order valence-electron chi connectivity index (χ3n) is 8.43. The molecule has 0 spiro atoms. The van der Waals surface area contributed by atoms with Gasteiger partial charge in [-0.15, -0.1) is 11.3 Å². The number of halogens is 3. The maximum absolute atomic E-state index is 13.8. The number of hydrogen-bond acceptors (Lipinski definition) is 11. The van der Waals surface area contributed by atoms with Crippen LogP contribution >= 0.6 is 11.3 Å². The van der Waals surface area contributed by atoms with Gasteiger partial charge in [0.05, 0.1) is 47.6 Å². The third-order valence-corrected chi connectivity index (χ3v) is 9.63. The molecule has 1 aliphatic heterocycles. The number of thiophene rings is 1. The standard InChI is InChI=1S/C37H42F3N7O6S/c1-46(2)22-33(49)47-17-13-24(14-18-47)44-28-7-4-6-25-26(21-37(38,39)40)31(54-34(25)28)8-5-16-43-27-10-9-23(20-30(27)53-19-15-41)35(50)45-29(36(51)52-3)11-12-32(42)48/h4,6-7,9-10,20,24,29,43-44H,11-14,16-19,21-22H2,1-3H3,(H2,42,48)(H,45,50). The van der Waals surface area contributed by atoms with Crippen LogP contribution in [0.4, 0.5) is 24.5 Å². The van der Waals surface area contributed by atoms with E-state index in [1.165, 1.54) is 29.5 Å². The Morgan fingerprint density at radius 3 is 2.52 bits per heavy atom. The summed E-state index contributed by atoms with van der Waals surface area (Å²) in [5.41, 5.74) is 6.39. The minimum Gasteiger partial charge on any atom is -0.477 e. The monoisotopic (exact) mass is 769 g/mol. The van der Waals surface area contributed by atoms with Crippen molar-refractivity contribution in [1.82, 2.24) is 15.1 Å². The fourth-order valence-corrected chi connectivity index (χ4v) is 7.02. The number of methoxy groups -OCH3 is 1. The van der Waals surface area contributed by atoms with Crippen LogP contribution in [-0.4, -0.2) is 106 Å². The number of carbonyl (C=O) groups is 4. The van der Waals surface area contributed by atoms with Crippen LogP contribution in [0.5, 0.6) is 5.75 Å². The SMILES string of the molecule is COC(=O)C(CCC(N)=O)NC(=O)c1ccc(NCC#Cc2sc3c(NC4CCN(C(=O)CN(C)C)CC4)cccc3c2CC(F)(F)F)c(OCC#N)c1. The second-order valence-electron chi connectivity index (χ2n) is 12.8. The molecule has 3 aromatic rings. The van der Waals surface area contributed by atoms with E-state index in [1.54, 1.807) is 12.1 Å². The van der Waals surface area contributed by atoms with Gasteiger partial charge in [0.15, 0.2) is 6.61 Å². The molecule has 1 aliphatic rings. The van der Waals surface area contributed by atoms with Crippen LogP contribution in [-0.2, 0) is 25.5 Å². The van der Waals surface area contributed by atoms with Crippen molar-refractivity contribution in [2.45, 2.75) is 50.4 Å². The number of likely N-dealkylation sites (N-methyl/N-ethyl adjacent to an activating group) is 1. The Kier molecular flexibility index (Phi) is 14.5. The zero-order valence-corrected chi connectivity index (χ0v) is 30.9. The molecule has 13 nitrogen and oxygen atoms in total. The Morgan fingerprint density at radius 2 is 1.87 bits per heavy atom. The lowest BCUT2D eigenvalue weighted by atomic mass is 10.0. The van der Waals surface area contributed by atoms with Crippen LogP contribution in [0, 0.1) is 23.2 Å². The van der Waals surface area contributed by atoms with Crippen molar-refractivity contribution in [2.75, 3.05) is 64.6 Å². The Labute approximate surface area is 314 Å². The van der Waals surface area contributed by atoms with Gasteiger partial charge in [0.1, 0.15) is 17.9 Å². The number of nitrogens with one attached hydrogen (secondary N) is 3. The quantitative estimate of drug-likeness (QED) is 0.131. The fourth-order valence-electron chi connectivity index (χ4n) is 5.85. The van der Waals surface area contributed by atoms with Crippen molar-refractivity contribution in [3.63, 3.8) is 0 Å². The number of nitrogens with zero attached hydrogens (tertiary/aromatic N) is 3. The van der Waals surface area contributed by atoms with E-state index in [0.717, 1.165) is 7.11 Å². The Morgan fingerprint density at radius 1 is 1.13 bits per heavy atom. The number of primary amides is 1. The number of rotatable bonds is 15. The lowest BCUT2D eigenvalue weighted by molar-refractivity contribution is -0.143. The molecule has 54 heavy (non-hydrogen) atoms. The molecule has 288 valence electrons. The van der Waals surface area contributed by atoms with Gasteiger partial charge in [0.25, 0.3) is 5.91 Å². The molecule has 1 aromatic heterocycles. The molecule has 0 bridgehead atoms. The van der Waals surface area contributed by atoms with Crippen molar-refractivity contribution in [1.29, 1.82) is 5.26 Å². The van der Waals surface area contributed by atoms with Gasteiger partial charge in [-0.3, -0.25) is 14.4 Å². The lowest BCUT2D eigenvalue weighted by Crippen LogP contribution is -2.45. The van der Waals surface area contributed by atoms with E-state index < -0.39 is 36.4 Å². The van der Waals surface area contributed by atoms with Gasteiger partial charge in [-0.2, -0.15) is 18.4 Å². The smallest absolute Gasteiger partial charge is 0.393 e. The molecule has 2 heterocycles. The van der Waals surface area contributed by atoms with Crippen molar-refractivity contribution in [2.24, 2.45) is 5.73 Å². The van der Waals surface area contributed by atoms with Gasteiger partial charge in [-0.25, -0.2) is 4.79 Å². The molecule has 1 atom stereocenters. The largest absolute Gasteiger partial charge is 0.477 e. The van der Waals surface area contributed by atoms with Gasteiger partial charge >= 0.3 is 12.1 Å². The predicted octanol–water partition coefficient (Wildman–Crippen LogP) is 3.87. The van der Waals surface area contributed by atoms with E-state index >= 15 is 0 Å². The van der Waals surface area contributed by atoms with Crippen molar-refractivity contribution >= 4 is 56.5 Å². The predicted molar refractivity (Wildman–Crippen MR) is 198 cm³/mol. The number of amides is 3. The topological polar surface area (TPSA) is 179 Å². The molecule has 0 aliphatic carbocycles. The van der Waals surface area contributed by atoms with Crippen LogP contribution in [0.15, 0.2) is 36.4 Å². The summed E-state index contributed by atoms with van der Waals surface area (Å²) in [5, 5.41) is 18.6. The number of ether oxygens (including phenoxy) is 2. The molecule has 0 saturated carbocycles. The van der Waals surface area contributed by atoms with Crippen molar-refractivity contribution in [3.8, 4) is 23.7 Å². The molecule has 1 fully saturated rings. The van der Waals surface area contributed by atoms with Gasteiger partial charge in [-0.1, -0.05) is 24.0 Å². The summed E-state index contributed by atoms with van der Waals surface area (Å²) in [6, 6.07) is 10.2. The summed E-state index contributed by atoms with van der Waals surface area (Å²) in [6.45, 7) is 1.11. The van der Waals surface area contributed by atoms with E-state index in [2.05, 4.69) is 27.8 Å². The molecule has 17 heteroatoms. The summed E-state index contributed by atoms with van der Waals surface area (Å²) in [6.07, 6.45) is -4.48. The van der Waals surface area contributed by atoms with E-state index in [9.17, 15) is 32.3 Å². The zero-order valence-electron chi connectivity index (χ0n) is 30.1. The highest BCUT2D eigenvalue weighted by Gasteiger charge is 2.32. The van der Waals surface area contributed by atoms with E-state index in [1.807, 2.05) is 36.0 Å². The van der Waals surface area contributed by atoms with Gasteiger partial charge in [0.2, 0.25) is 11.8 Å². The highest BCUT2D eigenvalue weighted by molar-refractivity contribution is 7.20. The molecular formula is C37H42F3N7O6S. The first kappa shape index (κ1) is 41.2. The maximum atomic E-state index is 13.8. The lowest BCUT2D eigenvalue weighted by Gasteiger charge is -2.33. The van der Waals surface area contributed by atoms with Crippen molar-refractivity contribution in [3.05, 3.63) is 52.4 Å². The summed E-state index contributed by atoms with van der Waals surface area (Å²) >= 11 is 1.17. The van der Waals surface area contributed by atoms with Gasteiger partial charge in [-0.05, 0) is 68.6 Å². The molecule has 0 radical (unpaired) electrons. The second kappa shape index (κ2) is 19.0. The number of fused-ring (bicyclic) bond motifs is 1. The van der Waals surface area contributed by atoms with Crippen LogP contribution in [0.25, 0.3) is 10.1 Å². The number of esters is 1. The Balaban J connectivity index is 1.51. The zero-order chi connectivity index (χ0) is 39.4. The van der Waals surface area contributed by atoms with E-state index in [4.69, 9.17) is 20.5 Å². The number of benzene rings is 2. The summed E-state index contributed by atoms with van der Waals surface area (Å²) in [7, 11) is 4.82. The minimum atomic E-state index is -4.47. The molecule has 5 N–H and O–H groups in total. The highest BCUT2D eigenvalue weighted by atomic mass is 32.1. The molecule has 3 amide bonds. The molecule has 1 unspecified atom stereocenters. The maximum Gasteiger partial charge on any atom is 0.393 e. The average Bonchev–Trinajstić information content (AvgIpc) is 3.46. The first-order valence-electron chi connectivity index (χ1n) is 17.0. The normalized spacial score (nSPS) is 13.7. The number of carbonyl (C=O) groups excluding carboxylic acids is 4. The molecule has 4 rings (SSSR count). The summed E-state index contributed by atoms with van der Waals surface area (Å²) in [4.78, 5) is 52.8. The van der Waals surface area contributed by atoms with Crippen LogP contribution in [0.1, 0.15) is 46.5 Å². The van der Waals surface area contributed by atoms with Crippen LogP contribution in [0.3, 0.4) is 0 Å². The number of piperidine rings is 1. The molecule has 2 aromatic carbocycles. The Bertz CT molecular complexity index is 1940. The highest BCUT2D eigenvalue weighted by Crippen LogP contribution is 2.39. The number of anilines is 2. The van der Waals surface area contributed by atoms with Crippen LogP contribution < -0.4 is 26.4 Å². The fraction of sp³-hybridized carbons (Fsp3) is 0.432. The first-order chi connectivity index (χ1) is 25.7. The molecular weight excluding hydrogens is 728 g/mol. The number of nitriles is 1. The number of nitrogens with two attached hydrogens (primary N) is 1. The number of hydrogen-bond donors (Lipinski definition) is 4. The average molecular weight is 770 g/mol. The summed E-state index contributed by atoms with van der Waals surface area (Å²) < 4.78 is 52.3. The van der Waals surface area contributed by atoms with Gasteiger partial charge in [0, 0.05) is 31.1 Å². The number of alkyl halides is 3. The Hall–Kier alpha value is -5.52. The van der Waals surface area contributed by atoms with E-state index in [-0.39, 0.29) is 59.7 Å². The summed E-state index contributed by atoms with van der Waals surface area (Å²) in [5.74, 6) is 3.86. The molecule has 1 saturated heterocycles. The van der Waals surface area contributed by atoms with Crippen molar-refractivity contribution < 1.29 is 41.8 Å². The first-order valence-corrected chi connectivity index (χ1v) is 17.8.